The molecule has 0 heterocycles. The van der Waals surface area contributed by atoms with E-state index in [1.54, 1.807) is 14.2 Å². The van der Waals surface area contributed by atoms with E-state index in [9.17, 15) is 0 Å². The molecule has 0 amide bonds. The van der Waals surface area contributed by atoms with Gasteiger partial charge in [-0.2, -0.15) is 0 Å². The highest BCUT2D eigenvalue weighted by Crippen LogP contribution is 2.50. The van der Waals surface area contributed by atoms with Gasteiger partial charge < -0.3 is 9.47 Å². The molecule has 2 aliphatic rings. The normalized spacial score (nSPS) is 22.2. The van der Waals surface area contributed by atoms with E-state index in [0.717, 1.165) is 11.5 Å². The van der Waals surface area contributed by atoms with Crippen LogP contribution in [0.5, 0.6) is 11.5 Å². The van der Waals surface area contributed by atoms with E-state index in [1.165, 1.54) is 47.9 Å². The Morgan fingerprint density at radius 1 is 0.792 bits per heavy atom. The summed E-state index contributed by atoms with van der Waals surface area (Å²) in [6, 6.07) is 15.1. The monoisotopic (exact) mass is 320 g/mol. The lowest BCUT2D eigenvalue weighted by Crippen LogP contribution is -2.22. The molecule has 0 bridgehead atoms. The quantitative estimate of drug-likeness (QED) is 0.740. The van der Waals surface area contributed by atoms with E-state index in [0.29, 0.717) is 11.8 Å². The van der Waals surface area contributed by atoms with E-state index >= 15 is 0 Å². The Morgan fingerprint density at radius 2 is 1.46 bits per heavy atom. The van der Waals surface area contributed by atoms with Crippen molar-refractivity contribution in [3.8, 4) is 11.5 Å². The average molecular weight is 320 g/mol. The lowest BCUT2D eigenvalue weighted by Gasteiger charge is -2.38. The standard InChI is InChI=1S/C22H24O2/c1-23-17-9-7-15(8-10-17)22-14-16-13-18(24-2)11-12-19(16)20-5-3-4-6-21(20)22/h7-14,20-21H,3-6H2,1-2H3. The third-order valence-electron chi connectivity index (χ3n) is 5.59. The first kappa shape index (κ1) is 15.3. The number of hydrogen-bond donors (Lipinski definition) is 0. The fourth-order valence-corrected chi connectivity index (χ4v) is 4.37. The van der Waals surface area contributed by atoms with Gasteiger partial charge in [-0.25, -0.2) is 0 Å². The molecule has 2 aromatic carbocycles. The van der Waals surface area contributed by atoms with E-state index in [-0.39, 0.29) is 0 Å². The highest BCUT2D eigenvalue weighted by atomic mass is 16.5. The number of methoxy groups -OCH3 is 2. The van der Waals surface area contributed by atoms with E-state index in [1.807, 2.05) is 0 Å². The number of benzene rings is 2. The molecule has 1 saturated carbocycles. The van der Waals surface area contributed by atoms with Crippen molar-refractivity contribution < 1.29 is 9.47 Å². The Labute approximate surface area is 144 Å². The molecule has 0 N–H and O–H groups in total. The minimum Gasteiger partial charge on any atom is -0.497 e. The summed E-state index contributed by atoms with van der Waals surface area (Å²) in [5.41, 5.74) is 5.62. The van der Waals surface area contributed by atoms with Crippen LogP contribution in [0.4, 0.5) is 0 Å². The molecular formula is C22H24O2. The van der Waals surface area contributed by atoms with Gasteiger partial charge in [-0.15, -0.1) is 0 Å². The van der Waals surface area contributed by atoms with Crippen LogP contribution in [0.25, 0.3) is 11.6 Å². The lowest BCUT2D eigenvalue weighted by molar-refractivity contribution is 0.368. The molecule has 0 spiro atoms. The van der Waals surface area contributed by atoms with Crippen molar-refractivity contribution >= 4 is 11.6 Å². The van der Waals surface area contributed by atoms with Crippen LogP contribution in [0.1, 0.15) is 48.3 Å². The maximum atomic E-state index is 5.44. The van der Waals surface area contributed by atoms with E-state index < -0.39 is 0 Å². The molecular weight excluding hydrogens is 296 g/mol. The van der Waals surface area contributed by atoms with Crippen molar-refractivity contribution in [1.29, 1.82) is 0 Å². The molecule has 0 aromatic heterocycles. The number of allylic oxidation sites excluding steroid dienone is 1. The molecule has 24 heavy (non-hydrogen) atoms. The molecule has 2 aliphatic carbocycles. The summed E-state index contributed by atoms with van der Waals surface area (Å²) < 4.78 is 10.8. The zero-order valence-electron chi connectivity index (χ0n) is 14.4. The fraction of sp³-hybridized carbons (Fsp3) is 0.364. The molecule has 0 radical (unpaired) electrons. The molecule has 2 atom stereocenters. The number of fused-ring (bicyclic) bond motifs is 3. The molecule has 2 heteroatoms. The summed E-state index contributed by atoms with van der Waals surface area (Å²) in [5.74, 6) is 3.13. The lowest BCUT2D eigenvalue weighted by atomic mass is 9.66. The Bertz CT molecular complexity index is 758. The maximum absolute atomic E-state index is 5.44. The van der Waals surface area contributed by atoms with Crippen LogP contribution in [-0.2, 0) is 0 Å². The van der Waals surface area contributed by atoms with Crippen LogP contribution in [0.2, 0.25) is 0 Å². The third-order valence-corrected chi connectivity index (χ3v) is 5.59. The van der Waals surface area contributed by atoms with Crippen molar-refractivity contribution in [2.45, 2.75) is 31.6 Å². The Kier molecular flexibility index (Phi) is 4.05. The predicted molar refractivity (Wildman–Crippen MR) is 98.6 cm³/mol. The summed E-state index contributed by atoms with van der Waals surface area (Å²) in [4.78, 5) is 0. The smallest absolute Gasteiger partial charge is 0.119 e. The predicted octanol–water partition coefficient (Wildman–Crippen LogP) is 5.53. The van der Waals surface area contributed by atoms with Gasteiger partial charge in [0.1, 0.15) is 11.5 Å². The SMILES string of the molecule is COc1ccc(C2=Cc3cc(OC)ccc3C3CCCCC23)cc1. The van der Waals surface area contributed by atoms with Crippen LogP contribution in [0.3, 0.4) is 0 Å². The second kappa shape index (κ2) is 6.35. The number of rotatable bonds is 3. The fourth-order valence-electron chi connectivity index (χ4n) is 4.37. The summed E-state index contributed by atoms with van der Waals surface area (Å²) in [7, 11) is 3.45. The summed E-state index contributed by atoms with van der Waals surface area (Å²) in [5, 5.41) is 0. The Balaban J connectivity index is 1.81. The largest absolute Gasteiger partial charge is 0.497 e. The number of ether oxygens (including phenoxy) is 2. The highest BCUT2D eigenvalue weighted by Gasteiger charge is 2.34. The first-order chi connectivity index (χ1) is 11.8. The molecule has 0 saturated heterocycles. The first-order valence-electron chi connectivity index (χ1n) is 8.84. The Hall–Kier alpha value is -2.22. The van der Waals surface area contributed by atoms with Gasteiger partial charge in [0.25, 0.3) is 0 Å². The van der Waals surface area contributed by atoms with Crippen molar-refractivity contribution in [3.63, 3.8) is 0 Å². The van der Waals surface area contributed by atoms with Crippen LogP contribution in [0.15, 0.2) is 42.5 Å². The molecule has 1 fully saturated rings. The third kappa shape index (κ3) is 2.60. The van der Waals surface area contributed by atoms with Gasteiger partial charge >= 0.3 is 0 Å². The molecule has 4 rings (SSSR count). The first-order valence-corrected chi connectivity index (χ1v) is 8.84. The maximum Gasteiger partial charge on any atom is 0.119 e. The second-order valence-electron chi connectivity index (χ2n) is 6.82. The van der Waals surface area contributed by atoms with Gasteiger partial charge in [0.2, 0.25) is 0 Å². The topological polar surface area (TPSA) is 18.5 Å². The van der Waals surface area contributed by atoms with Crippen LogP contribution in [0, 0.1) is 5.92 Å². The summed E-state index contributed by atoms with van der Waals surface area (Å²) >= 11 is 0. The van der Waals surface area contributed by atoms with E-state index in [4.69, 9.17) is 9.47 Å². The van der Waals surface area contributed by atoms with E-state index in [2.05, 4.69) is 48.5 Å². The minimum absolute atomic E-state index is 0.632. The van der Waals surface area contributed by atoms with Gasteiger partial charge in [-0.1, -0.05) is 37.1 Å². The number of hydrogen-bond acceptors (Lipinski definition) is 2. The second-order valence-corrected chi connectivity index (χ2v) is 6.82. The molecule has 2 aromatic rings. The van der Waals surface area contributed by atoms with Gasteiger partial charge in [-0.05, 0) is 71.2 Å². The van der Waals surface area contributed by atoms with Gasteiger partial charge in [0, 0.05) is 0 Å². The van der Waals surface area contributed by atoms with Gasteiger partial charge in [0.15, 0.2) is 0 Å². The van der Waals surface area contributed by atoms with Crippen molar-refractivity contribution in [1.82, 2.24) is 0 Å². The minimum atomic E-state index is 0.632. The van der Waals surface area contributed by atoms with Crippen LogP contribution >= 0.6 is 0 Å². The van der Waals surface area contributed by atoms with Crippen molar-refractivity contribution in [3.05, 3.63) is 59.2 Å². The molecule has 0 aliphatic heterocycles. The van der Waals surface area contributed by atoms with Gasteiger partial charge in [-0.3, -0.25) is 0 Å². The summed E-state index contributed by atoms with van der Waals surface area (Å²) in [6.45, 7) is 0. The molecule has 2 unspecified atom stereocenters. The zero-order chi connectivity index (χ0) is 16.5. The highest BCUT2D eigenvalue weighted by molar-refractivity contribution is 5.87. The van der Waals surface area contributed by atoms with Gasteiger partial charge in [0.05, 0.1) is 14.2 Å². The van der Waals surface area contributed by atoms with Crippen LogP contribution < -0.4 is 9.47 Å². The summed E-state index contributed by atoms with van der Waals surface area (Å²) in [6.07, 6.45) is 7.63. The van der Waals surface area contributed by atoms with Crippen molar-refractivity contribution in [2.24, 2.45) is 5.92 Å². The molecule has 124 valence electrons. The Morgan fingerprint density at radius 3 is 2.17 bits per heavy atom. The van der Waals surface area contributed by atoms with Crippen molar-refractivity contribution in [2.75, 3.05) is 14.2 Å². The average Bonchev–Trinajstić information content (AvgIpc) is 2.67. The molecule has 2 nitrogen and oxygen atoms in total. The zero-order valence-corrected chi connectivity index (χ0v) is 14.4. The van der Waals surface area contributed by atoms with Crippen LogP contribution in [-0.4, -0.2) is 14.2 Å².